The number of fused-ring (bicyclic) bond motifs is 1. The number of methoxy groups -OCH3 is 1. The van der Waals surface area contributed by atoms with E-state index in [-0.39, 0.29) is 11.9 Å². The predicted octanol–water partition coefficient (Wildman–Crippen LogP) is 4.86. The molecule has 2 heterocycles. The van der Waals surface area contributed by atoms with Crippen LogP contribution in [0.2, 0.25) is 0 Å². The molecule has 166 valence electrons. The van der Waals surface area contributed by atoms with Gasteiger partial charge in [0, 0.05) is 13.1 Å². The van der Waals surface area contributed by atoms with Crippen LogP contribution in [-0.4, -0.2) is 42.1 Å². The zero-order valence-corrected chi connectivity index (χ0v) is 19.2. The lowest BCUT2D eigenvalue weighted by Crippen LogP contribution is -2.55. The monoisotopic (exact) mass is 423 g/mol. The van der Waals surface area contributed by atoms with Gasteiger partial charge in [0.15, 0.2) is 5.82 Å². The molecule has 7 nitrogen and oxygen atoms in total. The molecule has 0 saturated heterocycles. The maximum atomic E-state index is 13.0. The summed E-state index contributed by atoms with van der Waals surface area (Å²) in [7, 11) is 3.49. The maximum absolute atomic E-state index is 13.0. The number of carbonyl (C=O) groups is 1. The summed E-state index contributed by atoms with van der Waals surface area (Å²) in [6.07, 6.45) is 7.12. The first-order valence-electron chi connectivity index (χ1n) is 11.3. The summed E-state index contributed by atoms with van der Waals surface area (Å²) in [5.74, 6) is 2.66. The highest BCUT2D eigenvalue weighted by atomic mass is 16.5. The van der Waals surface area contributed by atoms with Crippen LogP contribution in [-0.2, 0) is 4.79 Å². The number of nitrogens with zero attached hydrogens (tertiary/aromatic N) is 4. The van der Waals surface area contributed by atoms with Gasteiger partial charge >= 0.3 is 0 Å². The fraction of sp³-hybridized carbons (Fsp3) is 0.542. The Labute approximate surface area is 184 Å². The van der Waals surface area contributed by atoms with Crippen molar-refractivity contribution in [3.05, 3.63) is 30.0 Å². The third-order valence-electron chi connectivity index (χ3n) is 6.55. The Bertz CT molecular complexity index is 955. The van der Waals surface area contributed by atoms with Gasteiger partial charge in [0.1, 0.15) is 17.5 Å². The van der Waals surface area contributed by atoms with Gasteiger partial charge in [-0.2, -0.15) is 4.98 Å². The molecule has 7 heteroatoms. The van der Waals surface area contributed by atoms with E-state index in [9.17, 15) is 4.79 Å². The standard InChI is InChI=1S/C24H33N5O2/c1-6-19-23(30)28(4)20-14-25-24(27-22(20)29(19)17-9-7-8-10-17)26-18-12-11-16(15(2)3)13-21(18)31-5/h11-15,17,19H,6-10H2,1-5H3,(H,25,26,27)/t19-/m1/s1. The highest BCUT2D eigenvalue weighted by molar-refractivity contribution is 6.04. The van der Waals surface area contributed by atoms with Crippen molar-refractivity contribution < 1.29 is 9.53 Å². The number of amides is 1. The molecule has 1 atom stereocenters. The minimum Gasteiger partial charge on any atom is -0.495 e. The van der Waals surface area contributed by atoms with Gasteiger partial charge in [-0.15, -0.1) is 0 Å². The number of carbonyl (C=O) groups excluding carboxylic acids is 1. The Hall–Kier alpha value is -2.83. The number of rotatable bonds is 6. The van der Waals surface area contributed by atoms with Crippen molar-refractivity contribution in [3.8, 4) is 5.75 Å². The van der Waals surface area contributed by atoms with Crippen LogP contribution in [0.3, 0.4) is 0 Å². The summed E-state index contributed by atoms with van der Waals surface area (Å²) < 4.78 is 5.61. The number of nitrogens with one attached hydrogen (secondary N) is 1. The zero-order valence-electron chi connectivity index (χ0n) is 19.2. The number of hydrogen-bond donors (Lipinski definition) is 1. The van der Waals surface area contributed by atoms with Crippen molar-refractivity contribution in [2.45, 2.75) is 70.9 Å². The highest BCUT2D eigenvalue weighted by Gasteiger charge is 2.41. The lowest BCUT2D eigenvalue weighted by atomic mass is 10.0. The van der Waals surface area contributed by atoms with E-state index in [1.165, 1.54) is 18.4 Å². The molecule has 1 aliphatic heterocycles. The molecule has 4 rings (SSSR count). The SMILES string of the molecule is CC[C@@H]1C(=O)N(C)c2cnc(Nc3ccc(C(C)C)cc3OC)nc2N1C1CCCC1. The van der Waals surface area contributed by atoms with Gasteiger partial charge in [0.2, 0.25) is 11.9 Å². The molecular weight excluding hydrogens is 390 g/mol. The van der Waals surface area contributed by atoms with Crippen LogP contribution in [0.1, 0.15) is 64.4 Å². The molecule has 0 spiro atoms. The number of anilines is 4. The fourth-order valence-corrected chi connectivity index (χ4v) is 4.73. The number of likely N-dealkylation sites (N-methyl/N-ethyl adjacent to an activating group) is 1. The van der Waals surface area contributed by atoms with E-state index >= 15 is 0 Å². The van der Waals surface area contributed by atoms with E-state index in [0.717, 1.165) is 42.2 Å². The van der Waals surface area contributed by atoms with Crippen molar-refractivity contribution in [1.29, 1.82) is 0 Å². The second-order valence-electron chi connectivity index (χ2n) is 8.81. The first kappa shape index (κ1) is 21.4. The van der Waals surface area contributed by atoms with Crippen molar-refractivity contribution in [2.24, 2.45) is 0 Å². The first-order valence-corrected chi connectivity index (χ1v) is 11.3. The van der Waals surface area contributed by atoms with Crippen LogP contribution in [0.5, 0.6) is 5.75 Å². The Morgan fingerprint density at radius 3 is 2.65 bits per heavy atom. The Morgan fingerprint density at radius 2 is 2.00 bits per heavy atom. The van der Waals surface area contributed by atoms with E-state index in [2.05, 4.69) is 48.1 Å². The molecule has 1 N–H and O–H groups in total. The average Bonchev–Trinajstić information content (AvgIpc) is 3.30. The Kier molecular flexibility index (Phi) is 6.03. The van der Waals surface area contributed by atoms with Crippen molar-refractivity contribution in [1.82, 2.24) is 9.97 Å². The molecule has 1 aromatic carbocycles. The van der Waals surface area contributed by atoms with Gasteiger partial charge in [0.25, 0.3) is 0 Å². The zero-order chi connectivity index (χ0) is 22.1. The normalized spacial score (nSPS) is 19.2. The number of aromatic nitrogens is 2. The van der Waals surface area contributed by atoms with Crippen LogP contribution >= 0.6 is 0 Å². The van der Waals surface area contributed by atoms with E-state index in [1.54, 1.807) is 18.2 Å². The van der Waals surface area contributed by atoms with Gasteiger partial charge in [-0.3, -0.25) is 4.79 Å². The molecule has 1 saturated carbocycles. The quantitative estimate of drug-likeness (QED) is 0.716. The van der Waals surface area contributed by atoms with Crippen molar-refractivity contribution >= 4 is 29.0 Å². The van der Waals surface area contributed by atoms with Gasteiger partial charge in [0.05, 0.1) is 19.0 Å². The van der Waals surface area contributed by atoms with E-state index in [4.69, 9.17) is 9.72 Å². The number of ether oxygens (including phenoxy) is 1. The molecule has 0 radical (unpaired) electrons. The molecule has 1 aromatic heterocycles. The van der Waals surface area contributed by atoms with Crippen LogP contribution in [0.4, 0.5) is 23.1 Å². The summed E-state index contributed by atoms with van der Waals surface area (Å²) in [6, 6.07) is 6.33. The summed E-state index contributed by atoms with van der Waals surface area (Å²) in [6.45, 7) is 6.40. The van der Waals surface area contributed by atoms with E-state index < -0.39 is 0 Å². The van der Waals surface area contributed by atoms with Crippen LogP contribution in [0.15, 0.2) is 24.4 Å². The molecule has 1 amide bonds. The van der Waals surface area contributed by atoms with Crippen LogP contribution < -0.4 is 19.9 Å². The third kappa shape index (κ3) is 3.93. The average molecular weight is 424 g/mol. The molecule has 2 aromatic rings. The lowest BCUT2D eigenvalue weighted by molar-refractivity contribution is -0.120. The molecule has 2 aliphatic rings. The third-order valence-corrected chi connectivity index (χ3v) is 6.55. The number of hydrogen-bond acceptors (Lipinski definition) is 6. The molecule has 1 aliphatic carbocycles. The van der Waals surface area contributed by atoms with Crippen LogP contribution in [0.25, 0.3) is 0 Å². The minimum absolute atomic E-state index is 0.122. The molecular formula is C24H33N5O2. The van der Waals surface area contributed by atoms with Crippen molar-refractivity contribution in [2.75, 3.05) is 29.3 Å². The Balaban J connectivity index is 1.71. The molecule has 31 heavy (non-hydrogen) atoms. The highest BCUT2D eigenvalue weighted by Crippen LogP contribution is 2.40. The fourth-order valence-electron chi connectivity index (χ4n) is 4.73. The second-order valence-corrected chi connectivity index (χ2v) is 8.81. The Morgan fingerprint density at radius 1 is 1.26 bits per heavy atom. The second kappa shape index (κ2) is 8.73. The van der Waals surface area contributed by atoms with Gasteiger partial charge in [-0.05, 0) is 42.9 Å². The van der Waals surface area contributed by atoms with Gasteiger partial charge in [-0.25, -0.2) is 4.98 Å². The minimum atomic E-state index is -0.178. The maximum Gasteiger partial charge on any atom is 0.249 e. The van der Waals surface area contributed by atoms with E-state index in [0.29, 0.717) is 17.9 Å². The largest absolute Gasteiger partial charge is 0.495 e. The topological polar surface area (TPSA) is 70.6 Å². The van der Waals surface area contributed by atoms with Crippen molar-refractivity contribution in [3.63, 3.8) is 0 Å². The first-order chi connectivity index (χ1) is 14.9. The van der Waals surface area contributed by atoms with Gasteiger partial charge < -0.3 is 19.9 Å². The summed E-state index contributed by atoms with van der Waals surface area (Å²) in [5, 5.41) is 3.33. The molecule has 1 fully saturated rings. The molecule has 0 bridgehead atoms. The summed E-state index contributed by atoms with van der Waals surface area (Å²) in [5.41, 5.74) is 2.81. The predicted molar refractivity (Wildman–Crippen MR) is 125 cm³/mol. The lowest BCUT2D eigenvalue weighted by Gasteiger charge is -2.43. The smallest absolute Gasteiger partial charge is 0.249 e. The summed E-state index contributed by atoms with van der Waals surface area (Å²) in [4.78, 5) is 26.4. The molecule has 0 unspecified atom stereocenters. The van der Waals surface area contributed by atoms with Crippen LogP contribution in [0, 0.1) is 0 Å². The van der Waals surface area contributed by atoms with Gasteiger partial charge in [-0.1, -0.05) is 39.7 Å². The summed E-state index contributed by atoms with van der Waals surface area (Å²) >= 11 is 0. The number of benzene rings is 1. The van der Waals surface area contributed by atoms with E-state index in [1.807, 2.05) is 13.1 Å².